The third kappa shape index (κ3) is 3.60. The van der Waals surface area contributed by atoms with Gasteiger partial charge in [-0.05, 0) is 58.4 Å². The number of hydrogen-bond acceptors (Lipinski definition) is 2. The molecule has 0 spiro atoms. The fraction of sp³-hybridized carbons (Fsp3) is 0.750. The molecule has 0 amide bonds. The minimum Gasteiger partial charge on any atom is -0.376 e. The van der Waals surface area contributed by atoms with Crippen molar-refractivity contribution in [2.45, 2.75) is 71.1 Å². The van der Waals surface area contributed by atoms with E-state index in [1.807, 2.05) is 0 Å². The molecule has 4 nitrogen and oxygen atoms in total. The zero-order valence-corrected chi connectivity index (χ0v) is 15.8. The van der Waals surface area contributed by atoms with Crippen molar-refractivity contribution in [1.82, 2.24) is 4.57 Å². The van der Waals surface area contributed by atoms with E-state index in [0.717, 1.165) is 41.7 Å². The van der Waals surface area contributed by atoms with E-state index in [0.29, 0.717) is 24.5 Å². The molecule has 1 saturated heterocycles. The van der Waals surface area contributed by atoms with Crippen LogP contribution in [0.15, 0.2) is 6.07 Å². The van der Waals surface area contributed by atoms with Gasteiger partial charge in [-0.2, -0.15) is 0 Å². The van der Waals surface area contributed by atoms with Crippen LogP contribution in [-0.4, -0.2) is 54.2 Å². The molecule has 1 aliphatic carbocycles. The number of ketones is 1. The maximum atomic E-state index is 13.0. The monoisotopic (exact) mass is 333 g/mol. The van der Waals surface area contributed by atoms with Gasteiger partial charge in [-0.1, -0.05) is 0 Å². The van der Waals surface area contributed by atoms with Gasteiger partial charge in [-0.3, -0.25) is 4.79 Å². The van der Waals surface area contributed by atoms with Crippen LogP contribution in [0.4, 0.5) is 0 Å². The molecule has 0 radical (unpaired) electrons. The van der Waals surface area contributed by atoms with Crippen LogP contribution in [0, 0.1) is 13.8 Å². The van der Waals surface area contributed by atoms with Crippen molar-refractivity contribution in [3.63, 3.8) is 0 Å². The molecular formula is C20H33N2O2+. The van der Waals surface area contributed by atoms with Gasteiger partial charge < -0.3 is 13.8 Å². The molecule has 0 aromatic carbocycles. The number of hydrogen-bond donors (Lipinski definition) is 0. The molecule has 1 aromatic rings. The Balaban J connectivity index is 1.72. The second kappa shape index (κ2) is 7.01. The number of ether oxygens (including phenoxy) is 1. The third-order valence-corrected chi connectivity index (χ3v) is 6.15. The summed E-state index contributed by atoms with van der Waals surface area (Å²) in [6.45, 7) is 6.56. The lowest BCUT2D eigenvalue weighted by Gasteiger charge is -2.35. The van der Waals surface area contributed by atoms with Crippen molar-refractivity contribution in [3.05, 3.63) is 23.0 Å². The average Bonchev–Trinajstić information content (AvgIpc) is 3.24. The SMILES string of the molecule is Cc1cc(C(=O)C[N+](C)(C)C2CCCC2)c(C)n1C[C@H]1CCCO1. The minimum atomic E-state index is 0.290. The predicted octanol–water partition coefficient (Wildman–Crippen LogP) is 3.49. The van der Waals surface area contributed by atoms with E-state index >= 15 is 0 Å². The topological polar surface area (TPSA) is 31.2 Å². The highest BCUT2D eigenvalue weighted by atomic mass is 16.5. The molecule has 2 heterocycles. The highest BCUT2D eigenvalue weighted by Gasteiger charge is 2.34. The van der Waals surface area contributed by atoms with Crippen LogP contribution in [0.3, 0.4) is 0 Å². The van der Waals surface area contributed by atoms with Gasteiger partial charge in [0.2, 0.25) is 5.78 Å². The summed E-state index contributed by atoms with van der Waals surface area (Å²) < 4.78 is 8.88. The summed E-state index contributed by atoms with van der Waals surface area (Å²) >= 11 is 0. The number of rotatable bonds is 6. The summed E-state index contributed by atoms with van der Waals surface area (Å²) in [6, 6.07) is 2.73. The lowest BCUT2D eigenvalue weighted by atomic mass is 10.1. The van der Waals surface area contributed by atoms with E-state index in [-0.39, 0.29) is 0 Å². The lowest BCUT2D eigenvalue weighted by Crippen LogP contribution is -2.50. The highest BCUT2D eigenvalue weighted by Crippen LogP contribution is 2.28. The van der Waals surface area contributed by atoms with E-state index in [4.69, 9.17) is 4.74 Å². The summed E-state index contributed by atoms with van der Waals surface area (Å²) in [5, 5.41) is 0. The fourth-order valence-corrected chi connectivity index (χ4v) is 4.54. The zero-order valence-electron chi connectivity index (χ0n) is 15.8. The summed E-state index contributed by atoms with van der Waals surface area (Å²) in [4.78, 5) is 13.0. The molecule has 0 N–H and O–H groups in total. The van der Waals surface area contributed by atoms with Crippen LogP contribution in [0.25, 0.3) is 0 Å². The van der Waals surface area contributed by atoms with E-state index in [1.54, 1.807) is 0 Å². The highest BCUT2D eigenvalue weighted by molar-refractivity contribution is 5.98. The molecule has 0 unspecified atom stereocenters. The summed E-state index contributed by atoms with van der Waals surface area (Å²) in [7, 11) is 4.44. The first-order valence-electron chi connectivity index (χ1n) is 9.52. The van der Waals surface area contributed by atoms with Crippen molar-refractivity contribution in [2.24, 2.45) is 0 Å². The molecule has 1 aromatic heterocycles. The molecule has 24 heavy (non-hydrogen) atoms. The lowest BCUT2D eigenvalue weighted by molar-refractivity contribution is -0.906. The minimum absolute atomic E-state index is 0.290. The number of likely N-dealkylation sites (N-methyl/N-ethyl adjacent to an activating group) is 1. The average molecular weight is 333 g/mol. The molecular weight excluding hydrogens is 300 g/mol. The van der Waals surface area contributed by atoms with Gasteiger partial charge in [0, 0.05) is 30.1 Å². The zero-order chi connectivity index (χ0) is 17.3. The maximum absolute atomic E-state index is 13.0. The normalized spacial score (nSPS) is 22.4. The Bertz CT molecular complexity index is 591. The molecule has 3 rings (SSSR count). The second-order valence-corrected chi connectivity index (χ2v) is 8.33. The van der Waals surface area contributed by atoms with E-state index in [1.165, 1.54) is 31.4 Å². The van der Waals surface area contributed by atoms with Crippen LogP contribution < -0.4 is 0 Å². The summed E-state index contributed by atoms with van der Waals surface area (Å²) in [5.41, 5.74) is 3.20. The number of aromatic nitrogens is 1. The van der Waals surface area contributed by atoms with Crippen molar-refractivity contribution in [2.75, 3.05) is 27.2 Å². The Morgan fingerprint density at radius 3 is 2.54 bits per heavy atom. The number of nitrogens with zero attached hydrogens (tertiary/aromatic N) is 2. The van der Waals surface area contributed by atoms with Gasteiger partial charge >= 0.3 is 0 Å². The molecule has 2 aliphatic rings. The van der Waals surface area contributed by atoms with E-state index in [2.05, 4.69) is 38.6 Å². The van der Waals surface area contributed by atoms with Crippen molar-refractivity contribution < 1.29 is 14.0 Å². The van der Waals surface area contributed by atoms with Gasteiger partial charge in [0.05, 0.1) is 26.2 Å². The standard InChI is InChI=1S/C20H33N2O2/c1-15-12-19(16(2)21(15)13-18-10-7-11-24-18)20(23)14-22(3,4)17-8-5-6-9-17/h12,17-18H,5-11,13-14H2,1-4H3/q+1/t18-/m1/s1. The van der Waals surface area contributed by atoms with Gasteiger partial charge in [-0.15, -0.1) is 0 Å². The first-order chi connectivity index (χ1) is 11.4. The Morgan fingerprint density at radius 1 is 1.21 bits per heavy atom. The smallest absolute Gasteiger partial charge is 0.218 e. The number of Topliss-reactive ketones (excluding diaryl/α,β-unsaturated/α-hetero) is 1. The van der Waals surface area contributed by atoms with Crippen molar-refractivity contribution in [1.29, 1.82) is 0 Å². The number of carbonyl (C=O) groups excluding carboxylic acids is 1. The summed E-state index contributed by atoms with van der Waals surface area (Å²) in [6.07, 6.45) is 7.75. The van der Waals surface area contributed by atoms with Gasteiger partial charge in [0.15, 0.2) is 0 Å². The Labute approximate surface area is 146 Å². The Hall–Kier alpha value is -1.13. The van der Waals surface area contributed by atoms with E-state index < -0.39 is 0 Å². The van der Waals surface area contributed by atoms with E-state index in [9.17, 15) is 4.79 Å². The molecule has 0 bridgehead atoms. The first kappa shape index (κ1) is 17.7. The van der Waals surface area contributed by atoms with Crippen LogP contribution in [-0.2, 0) is 11.3 Å². The predicted molar refractivity (Wildman–Crippen MR) is 96.4 cm³/mol. The number of carbonyl (C=O) groups is 1. The molecule has 4 heteroatoms. The van der Waals surface area contributed by atoms with Crippen LogP contribution in [0.5, 0.6) is 0 Å². The van der Waals surface area contributed by atoms with Gasteiger partial charge in [0.1, 0.15) is 6.54 Å². The molecule has 134 valence electrons. The van der Waals surface area contributed by atoms with Crippen LogP contribution >= 0.6 is 0 Å². The van der Waals surface area contributed by atoms with Crippen LogP contribution in [0.2, 0.25) is 0 Å². The molecule has 1 saturated carbocycles. The van der Waals surface area contributed by atoms with Crippen LogP contribution in [0.1, 0.15) is 60.3 Å². The second-order valence-electron chi connectivity index (χ2n) is 8.33. The third-order valence-electron chi connectivity index (χ3n) is 6.15. The quantitative estimate of drug-likeness (QED) is 0.589. The number of aryl methyl sites for hydroxylation is 1. The van der Waals surface area contributed by atoms with Gasteiger partial charge in [0.25, 0.3) is 0 Å². The molecule has 1 atom stereocenters. The van der Waals surface area contributed by atoms with Crippen molar-refractivity contribution >= 4 is 5.78 Å². The summed E-state index contributed by atoms with van der Waals surface area (Å²) in [5.74, 6) is 0.290. The first-order valence-corrected chi connectivity index (χ1v) is 9.52. The Kier molecular flexibility index (Phi) is 5.16. The number of quaternary nitrogens is 1. The van der Waals surface area contributed by atoms with Gasteiger partial charge in [-0.25, -0.2) is 0 Å². The maximum Gasteiger partial charge on any atom is 0.218 e. The molecule has 2 fully saturated rings. The largest absolute Gasteiger partial charge is 0.376 e. The fourth-order valence-electron chi connectivity index (χ4n) is 4.54. The Morgan fingerprint density at radius 2 is 1.92 bits per heavy atom. The van der Waals surface area contributed by atoms with Crippen molar-refractivity contribution in [3.8, 4) is 0 Å². The molecule has 1 aliphatic heterocycles.